The van der Waals surface area contributed by atoms with Gasteiger partial charge in [0, 0.05) is 50.4 Å². The van der Waals surface area contributed by atoms with Crippen LogP contribution in [0.5, 0.6) is 0 Å². The van der Waals surface area contributed by atoms with E-state index in [4.69, 9.17) is 0 Å². The summed E-state index contributed by atoms with van der Waals surface area (Å²) >= 11 is 0. The number of nitrogens with one attached hydrogen (secondary N) is 4. The Labute approximate surface area is 438 Å². The minimum absolute atomic E-state index is 0.0560. The Morgan fingerprint density at radius 1 is 0.757 bits per heavy atom. The van der Waals surface area contributed by atoms with Crippen molar-refractivity contribution in [1.82, 2.24) is 36.0 Å². The number of carbonyl (C=O) groups excluding carboxylic acids is 7. The van der Waals surface area contributed by atoms with E-state index in [9.17, 15) is 28.8 Å². The number of halogens is 1. The number of carbonyl (C=O) groups is 7. The number of rotatable bonds is 19. The lowest BCUT2D eigenvalue weighted by molar-refractivity contribution is -0.152. The van der Waals surface area contributed by atoms with Gasteiger partial charge in [-0.1, -0.05) is 122 Å². The molecule has 9 atom stereocenters. The molecule has 15 heteroatoms. The van der Waals surface area contributed by atoms with E-state index in [0.29, 0.717) is 6.42 Å². The van der Waals surface area contributed by atoms with Gasteiger partial charge in [0.25, 0.3) is 0 Å². The fraction of sp³-hybridized carbons (Fsp3) is 0.576. The van der Waals surface area contributed by atoms with Crippen LogP contribution in [0, 0.1) is 28.5 Å². The first kappa shape index (κ1) is 57.3. The van der Waals surface area contributed by atoms with Crippen LogP contribution >= 0.6 is 0 Å². The maximum Gasteiger partial charge on any atom is 0.246 e. The second kappa shape index (κ2) is 24.6. The molecule has 0 bridgehead atoms. The SMILES string of the molecule is CC[C@@H](C)C(=O)N[C@H](C(=O)N1Cc2ccccc2C[C@H]1C(=O)N(CCCC(=O)CC1C[C@@H](C(=O)NC2CCCc3ccccc32)N(C(=O)[C@@H](NC(=O)[C@H](C)NC)C(C)(C)C)C1)[C@H](C)c1ccccc1F)C(C)(C)C. The monoisotopic (exact) mass is 1020 g/mol. The molecule has 2 aliphatic heterocycles. The highest BCUT2D eigenvalue weighted by atomic mass is 19.1. The minimum atomic E-state index is -0.997. The summed E-state index contributed by atoms with van der Waals surface area (Å²) in [5.74, 6) is -3.41. The van der Waals surface area contributed by atoms with Gasteiger partial charge in [-0.2, -0.15) is 0 Å². The molecule has 6 rings (SSSR count). The second-order valence-electron chi connectivity index (χ2n) is 23.2. The molecular weight excluding hydrogens is 938 g/mol. The Morgan fingerprint density at radius 3 is 1.99 bits per heavy atom. The summed E-state index contributed by atoms with van der Waals surface area (Å²) < 4.78 is 15.7. The van der Waals surface area contributed by atoms with E-state index in [1.807, 2.05) is 97.9 Å². The molecule has 1 aliphatic carbocycles. The first-order chi connectivity index (χ1) is 34.9. The molecular formula is C59H82FN7O7. The first-order valence-electron chi connectivity index (χ1n) is 26.9. The van der Waals surface area contributed by atoms with Crippen LogP contribution < -0.4 is 21.3 Å². The van der Waals surface area contributed by atoms with Crippen molar-refractivity contribution >= 4 is 41.2 Å². The van der Waals surface area contributed by atoms with Crippen molar-refractivity contribution < 1.29 is 38.0 Å². The Morgan fingerprint density at radius 2 is 1.35 bits per heavy atom. The van der Waals surface area contributed by atoms with Crippen molar-refractivity contribution in [2.24, 2.45) is 22.7 Å². The zero-order valence-corrected chi connectivity index (χ0v) is 45.7. The molecule has 1 fully saturated rings. The number of aryl methyl sites for hydroxylation is 1. The van der Waals surface area contributed by atoms with Gasteiger partial charge in [-0.05, 0) is 104 Å². The van der Waals surface area contributed by atoms with Crippen molar-refractivity contribution in [3.05, 3.63) is 106 Å². The number of likely N-dealkylation sites (N-methyl/N-ethyl adjacent to an activating group) is 1. The lowest BCUT2D eigenvalue weighted by Crippen LogP contribution is -2.61. The largest absolute Gasteiger partial charge is 0.347 e. The summed E-state index contributed by atoms with van der Waals surface area (Å²) in [4.78, 5) is 105. The number of likely N-dealkylation sites (tertiary alicyclic amines) is 1. The van der Waals surface area contributed by atoms with Crippen LogP contribution in [-0.4, -0.2) is 106 Å². The predicted octanol–water partition coefficient (Wildman–Crippen LogP) is 7.53. The molecule has 2 unspecified atom stereocenters. The smallest absolute Gasteiger partial charge is 0.246 e. The van der Waals surface area contributed by atoms with Crippen molar-refractivity contribution in [3.8, 4) is 0 Å². The molecule has 74 heavy (non-hydrogen) atoms. The van der Waals surface area contributed by atoms with E-state index in [2.05, 4.69) is 27.3 Å². The summed E-state index contributed by atoms with van der Waals surface area (Å²) in [6.45, 7) is 18.7. The summed E-state index contributed by atoms with van der Waals surface area (Å²) in [5, 5.41) is 12.1. The number of nitrogens with zero attached hydrogens (tertiary/aromatic N) is 3. The van der Waals surface area contributed by atoms with E-state index < -0.39 is 64.7 Å². The molecule has 2 heterocycles. The zero-order chi connectivity index (χ0) is 54.2. The van der Waals surface area contributed by atoms with Gasteiger partial charge >= 0.3 is 0 Å². The van der Waals surface area contributed by atoms with Crippen molar-refractivity contribution in [2.75, 3.05) is 20.1 Å². The van der Waals surface area contributed by atoms with Gasteiger partial charge < -0.3 is 36.0 Å². The standard InChI is InChI=1S/C59H82FN7O7/c1-12-36(2)52(69)63-50(58(5,6)7)57(74)67-35-42-23-14-13-22-41(42)33-49(67)55(72)65(38(4)44-26-17-18-28-46(44)60)30-20-25-43(68)31-39-32-48(54(71)62-47-29-19-24-40-21-15-16-27-45(40)47)66(34-39)56(73)51(59(8,9)10)64-53(70)37(3)61-11/h13-18,21-23,26-28,36-39,47-51,61H,12,19-20,24-25,29-35H2,1-11H3,(H,62,71)(H,63,69)(H,64,70)/t36-,37+,38-,39?,47?,48+,49+,50-,51-/m1/s1. The van der Waals surface area contributed by atoms with Crippen LogP contribution in [-0.2, 0) is 52.9 Å². The number of hydrogen-bond acceptors (Lipinski definition) is 8. The van der Waals surface area contributed by atoms with Crippen molar-refractivity contribution in [3.63, 3.8) is 0 Å². The second-order valence-corrected chi connectivity index (χ2v) is 23.2. The average molecular weight is 1020 g/mol. The highest BCUT2D eigenvalue weighted by molar-refractivity contribution is 5.95. The highest BCUT2D eigenvalue weighted by Crippen LogP contribution is 2.36. The van der Waals surface area contributed by atoms with Gasteiger partial charge in [0.05, 0.1) is 18.1 Å². The molecule has 0 radical (unpaired) electrons. The molecule has 0 saturated carbocycles. The summed E-state index contributed by atoms with van der Waals surface area (Å²) in [6.07, 6.45) is 3.93. The normalized spacial score (nSPS) is 20.7. The Hall–Kier alpha value is -5.96. The van der Waals surface area contributed by atoms with E-state index in [1.165, 1.54) is 11.6 Å². The number of hydrogen-bond donors (Lipinski definition) is 4. The summed E-state index contributed by atoms with van der Waals surface area (Å²) in [7, 11) is 1.66. The summed E-state index contributed by atoms with van der Waals surface area (Å²) in [5.41, 5.74) is 2.88. The average Bonchev–Trinajstić information content (AvgIpc) is 3.80. The molecule has 4 N–H and O–H groups in total. The minimum Gasteiger partial charge on any atom is -0.347 e. The third-order valence-corrected chi connectivity index (χ3v) is 15.6. The van der Waals surface area contributed by atoms with Crippen LogP contribution in [0.1, 0.15) is 154 Å². The summed E-state index contributed by atoms with van der Waals surface area (Å²) in [6, 6.07) is 16.6. The fourth-order valence-corrected chi connectivity index (χ4v) is 10.7. The van der Waals surface area contributed by atoms with Gasteiger partial charge in [0.1, 0.15) is 35.8 Å². The zero-order valence-electron chi connectivity index (χ0n) is 45.7. The number of benzene rings is 3. The van der Waals surface area contributed by atoms with Gasteiger partial charge in [-0.25, -0.2) is 4.39 Å². The van der Waals surface area contributed by atoms with E-state index >= 15 is 9.18 Å². The van der Waals surface area contributed by atoms with Crippen LogP contribution in [0.4, 0.5) is 4.39 Å². The van der Waals surface area contributed by atoms with Crippen LogP contribution in [0.3, 0.4) is 0 Å². The first-order valence-corrected chi connectivity index (χ1v) is 26.9. The third kappa shape index (κ3) is 13.7. The van der Waals surface area contributed by atoms with E-state index in [-0.39, 0.29) is 105 Å². The third-order valence-electron chi connectivity index (χ3n) is 15.6. The molecule has 14 nitrogen and oxygen atoms in total. The van der Waals surface area contributed by atoms with E-state index in [0.717, 1.165) is 36.0 Å². The lowest BCUT2D eigenvalue weighted by Gasteiger charge is -2.43. The molecule has 3 aliphatic rings. The quantitative estimate of drug-likeness (QED) is 0.0953. The van der Waals surface area contributed by atoms with Gasteiger partial charge in [-0.15, -0.1) is 0 Å². The Bertz CT molecular complexity index is 2520. The molecule has 3 aromatic rings. The van der Waals surface area contributed by atoms with Crippen molar-refractivity contribution in [2.45, 2.75) is 176 Å². The molecule has 0 spiro atoms. The van der Waals surface area contributed by atoms with Crippen LogP contribution in [0.2, 0.25) is 0 Å². The molecule has 3 aromatic carbocycles. The van der Waals surface area contributed by atoms with Gasteiger partial charge in [0.15, 0.2) is 0 Å². The van der Waals surface area contributed by atoms with Crippen LogP contribution in [0.15, 0.2) is 72.8 Å². The Kier molecular flexibility index (Phi) is 19.0. The highest BCUT2D eigenvalue weighted by Gasteiger charge is 2.47. The van der Waals surface area contributed by atoms with Gasteiger partial charge in [0.2, 0.25) is 35.4 Å². The predicted molar refractivity (Wildman–Crippen MR) is 284 cm³/mol. The number of ketones is 1. The number of fused-ring (bicyclic) bond motifs is 2. The van der Waals surface area contributed by atoms with Crippen LogP contribution in [0.25, 0.3) is 0 Å². The Balaban J connectivity index is 1.24. The molecule has 6 amide bonds. The molecule has 0 aromatic heterocycles. The lowest BCUT2D eigenvalue weighted by atomic mass is 9.83. The maximum absolute atomic E-state index is 15.7. The van der Waals surface area contributed by atoms with Crippen molar-refractivity contribution in [1.29, 1.82) is 0 Å². The fourth-order valence-electron chi connectivity index (χ4n) is 10.7. The van der Waals surface area contributed by atoms with Gasteiger partial charge in [-0.3, -0.25) is 33.6 Å². The molecule has 1 saturated heterocycles. The topological polar surface area (TPSA) is 177 Å². The van der Waals surface area contributed by atoms with E-state index in [1.54, 1.807) is 53.8 Å². The maximum atomic E-state index is 15.7. The molecule has 402 valence electrons. The number of Topliss-reactive ketones (excluding diaryl/α,β-unsaturated/α-hetero) is 1. The number of amides is 6.